The van der Waals surface area contributed by atoms with Crippen molar-refractivity contribution < 1.29 is 26.3 Å². The van der Waals surface area contributed by atoms with Crippen LogP contribution in [0.3, 0.4) is 0 Å². The Morgan fingerprint density at radius 2 is 1.72 bits per heavy atom. The highest BCUT2D eigenvalue weighted by Gasteiger charge is 2.33. The largest absolute Gasteiger partial charge is 0.496 e. The first-order valence-corrected chi connectivity index (χ1v) is 8.81. The first-order chi connectivity index (χ1) is 11.6. The summed E-state index contributed by atoms with van der Waals surface area (Å²) in [4.78, 5) is -0.411. The molecule has 25 heavy (non-hydrogen) atoms. The number of nitrogens with zero attached hydrogens (tertiary/aromatic N) is 1. The third kappa shape index (κ3) is 3.96. The van der Waals surface area contributed by atoms with Crippen molar-refractivity contribution >= 4 is 10.0 Å². The predicted molar refractivity (Wildman–Crippen MR) is 87.8 cm³/mol. The molecule has 2 rings (SSSR count). The molecule has 0 N–H and O–H groups in total. The second-order valence-corrected chi connectivity index (χ2v) is 7.46. The van der Waals surface area contributed by atoms with Crippen LogP contribution in [-0.4, -0.2) is 26.9 Å². The van der Waals surface area contributed by atoms with E-state index in [1.54, 1.807) is 31.2 Å². The smallest absolute Gasteiger partial charge is 0.416 e. The number of methoxy groups -OCH3 is 1. The topological polar surface area (TPSA) is 46.6 Å². The van der Waals surface area contributed by atoms with Gasteiger partial charge in [-0.3, -0.25) is 0 Å². The minimum absolute atomic E-state index is 0.411. The number of para-hydroxylation sites is 1. The van der Waals surface area contributed by atoms with E-state index in [-0.39, 0.29) is 0 Å². The molecule has 0 heterocycles. The van der Waals surface area contributed by atoms with Gasteiger partial charge >= 0.3 is 6.18 Å². The molecular weight excluding hydrogens is 355 g/mol. The van der Waals surface area contributed by atoms with Crippen LogP contribution in [0.4, 0.5) is 13.2 Å². The van der Waals surface area contributed by atoms with Gasteiger partial charge in [0.25, 0.3) is 0 Å². The summed E-state index contributed by atoms with van der Waals surface area (Å²) in [5.74, 6) is 0.501. The Morgan fingerprint density at radius 1 is 1.08 bits per heavy atom. The Kier molecular flexibility index (Phi) is 5.43. The lowest BCUT2D eigenvalue weighted by atomic mass is 10.1. The molecule has 0 fully saturated rings. The lowest BCUT2D eigenvalue weighted by Gasteiger charge is -2.26. The van der Waals surface area contributed by atoms with Crippen molar-refractivity contribution in [3.05, 3.63) is 59.7 Å². The highest BCUT2D eigenvalue weighted by Crippen LogP contribution is 2.34. The molecule has 1 atom stereocenters. The Balaban J connectivity index is 2.42. The van der Waals surface area contributed by atoms with Crippen LogP contribution in [-0.2, 0) is 16.2 Å². The van der Waals surface area contributed by atoms with Crippen LogP contribution < -0.4 is 4.74 Å². The van der Waals surface area contributed by atoms with E-state index in [0.717, 1.165) is 22.5 Å². The molecule has 2 aromatic rings. The molecule has 136 valence electrons. The quantitative estimate of drug-likeness (QED) is 0.793. The molecule has 0 saturated heterocycles. The number of hydrogen-bond donors (Lipinski definition) is 0. The molecular formula is C17H18F3NO3S. The van der Waals surface area contributed by atoms with Crippen LogP contribution in [0.15, 0.2) is 53.4 Å². The van der Waals surface area contributed by atoms with Crippen LogP contribution in [0, 0.1) is 0 Å². The molecule has 0 aromatic heterocycles. The Bertz CT molecular complexity index is 850. The van der Waals surface area contributed by atoms with Crippen molar-refractivity contribution in [1.29, 1.82) is 0 Å². The Morgan fingerprint density at radius 3 is 2.32 bits per heavy atom. The summed E-state index contributed by atoms with van der Waals surface area (Å²) in [5, 5.41) is 0. The van der Waals surface area contributed by atoms with E-state index in [2.05, 4.69) is 0 Å². The van der Waals surface area contributed by atoms with Crippen LogP contribution >= 0.6 is 0 Å². The van der Waals surface area contributed by atoms with Crippen molar-refractivity contribution in [3.8, 4) is 5.75 Å². The van der Waals surface area contributed by atoms with E-state index in [4.69, 9.17) is 4.74 Å². The predicted octanol–water partition coefficient (Wildman–Crippen LogP) is 4.10. The molecule has 8 heteroatoms. The average Bonchev–Trinajstić information content (AvgIpc) is 2.59. The summed E-state index contributed by atoms with van der Waals surface area (Å²) in [6.07, 6.45) is -4.61. The summed E-state index contributed by atoms with van der Waals surface area (Å²) in [6, 6.07) is 9.96. The Labute approximate surface area is 144 Å². The first-order valence-electron chi connectivity index (χ1n) is 7.37. The van der Waals surface area contributed by atoms with E-state index < -0.39 is 32.7 Å². The fourth-order valence-corrected chi connectivity index (χ4v) is 3.80. The second-order valence-electron chi connectivity index (χ2n) is 5.46. The lowest BCUT2D eigenvalue weighted by molar-refractivity contribution is -0.137. The van der Waals surface area contributed by atoms with Gasteiger partial charge in [-0.15, -0.1) is 0 Å². The highest BCUT2D eigenvalue weighted by atomic mass is 32.2. The van der Waals surface area contributed by atoms with Crippen LogP contribution in [0.2, 0.25) is 0 Å². The van der Waals surface area contributed by atoms with Crippen LogP contribution in [0.5, 0.6) is 5.75 Å². The van der Waals surface area contributed by atoms with E-state index in [1.165, 1.54) is 14.2 Å². The number of halogens is 3. The molecule has 0 spiro atoms. The first kappa shape index (κ1) is 19.3. The minimum atomic E-state index is -4.61. The van der Waals surface area contributed by atoms with E-state index >= 15 is 0 Å². The maximum absolute atomic E-state index is 12.9. The number of benzene rings is 2. The van der Waals surface area contributed by atoms with Gasteiger partial charge in [0, 0.05) is 12.6 Å². The standard InChI is InChI=1S/C17H18F3NO3S/c1-12(15-9-4-5-10-16(15)24-3)21(2)25(22,23)14-8-6-7-13(11-14)17(18,19)20/h4-12H,1-3H3/t12-/m0/s1. The maximum Gasteiger partial charge on any atom is 0.416 e. The molecule has 0 aliphatic carbocycles. The average molecular weight is 373 g/mol. The van der Waals surface area contributed by atoms with Gasteiger partial charge in [0.2, 0.25) is 10.0 Å². The molecule has 0 unspecified atom stereocenters. The molecule has 0 aliphatic heterocycles. The van der Waals surface area contributed by atoms with E-state index in [0.29, 0.717) is 17.4 Å². The van der Waals surface area contributed by atoms with E-state index in [9.17, 15) is 21.6 Å². The molecule has 0 bridgehead atoms. The van der Waals surface area contributed by atoms with Gasteiger partial charge in [0.15, 0.2) is 0 Å². The SMILES string of the molecule is COc1ccccc1[C@H](C)N(C)S(=O)(=O)c1cccc(C(F)(F)F)c1. The number of hydrogen-bond acceptors (Lipinski definition) is 3. The molecule has 0 aliphatic rings. The summed E-state index contributed by atoms with van der Waals surface area (Å²) in [7, 11) is -1.33. The van der Waals surface area contributed by atoms with Crippen molar-refractivity contribution in [2.24, 2.45) is 0 Å². The third-order valence-electron chi connectivity index (χ3n) is 3.97. The van der Waals surface area contributed by atoms with Crippen LogP contribution in [0.25, 0.3) is 0 Å². The van der Waals surface area contributed by atoms with Gasteiger partial charge in [0.05, 0.1) is 23.6 Å². The second kappa shape index (κ2) is 7.05. The normalized spacial score (nSPS) is 13.7. The molecule has 0 amide bonds. The molecule has 2 aromatic carbocycles. The van der Waals surface area contributed by atoms with Crippen molar-refractivity contribution in [2.45, 2.75) is 24.0 Å². The zero-order valence-electron chi connectivity index (χ0n) is 13.9. The van der Waals surface area contributed by atoms with Crippen molar-refractivity contribution in [1.82, 2.24) is 4.31 Å². The van der Waals surface area contributed by atoms with Gasteiger partial charge < -0.3 is 4.74 Å². The monoisotopic (exact) mass is 373 g/mol. The number of alkyl halides is 3. The summed E-state index contributed by atoms with van der Waals surface area (Å²) < 4.78 is 70.3. The van der Waals surface area contributed by atoms with Gasteiger partial charge in [-0.05, 0) is 31.2 Å². The maximum atomic E-state index is 12.9. The fourth-order valence-electron chi connectivity index (χ4n) is 2.41. The van der Waals surface area contributed by atoms with Crippen molar-refractivity contribution in [3.63, 3.8) is 0 Å². The highest BCUT2D eigenvalue weighted by molar-refractivity contribution is 7.89. The van der Waals surface area contributed by atoms with Gasteiger partial charge in [-0.1, -0.05) is 24.3 Å². The zero-order chi connectivity index (χ0) is 18.8. The van der Waals surface area contributed by atoms with Gasteiger partial charge in [-0.25, -0.2) is 8.42 Å². The molecule has 0 radical (unpaired) electrons. The summed E-state index contributed by atoms with van der Waals surface area (Å²) in [5.41, 5.74) is -0.394. The molecule has 0 saturated carbocycles. The Hall–Kier alpha value is -2.06. The lowest BCUT2D eigenvalue weighted by Crippen LogP contribution is -2.30. The van der Waals surface area contributed by atoms with Gasteiger partial charge in [0.1, 0.15) is 5.75 Å². The summed E-state index contributed by atoms with van der Waals surface area (Å²) >= 11 is 0. The fraction of sp³-hybridized carbons (Fsp3) is 0.294. The van der Waals surface area contributed by atoms with Crippen molar-refractivity contribution in [2.75, 3.05) is 14.2 Å². The van der Waals surface area contributed by atoms with E-state index in [1.807, 2.05) is 0 Å². The summed E-state index contributed by atoms with van der Waals surface area (Å²) in [6.45, 7) is 1.64. The number of ether oxygens (including phenoxy) is 1. The van der Waals surface area contributed by atoms with Crippen LogP contribution in [0.1, 0.15) is 24.1 Å². The number of sulfonamides is 1. The zero-order valence-corrected chi connectivity index (χ0v) is 14.7. The third-order valence-corrected chi connectivity index (χ3v) is 5.90. The minimum Gasteiger partial charge on any atom is -0.496 e. The number of rotatable bonds is 5. The molecule has 4 nitrogen and oxygen atoms in total. The van der Waals surface area contributed by atoms with Gasteiger partial charge in [-0.2, -0.15) is 17.5 Å².